The first kappa shape index (κ1) is 18.4. The SMILES string of the molecule is O=C(O)c1csc(CCNC(=O)C2CSCN2C(=O)c2ccccc2)n1. The minimum Gasteiger partial charge on any atom is -0.476 e. The molecule has 1 aliphatic rings. The number of aromatic nitrogens is 1. The molecule has 0 saturated carbocycles. The van der Waals surface area contributed by atoms with Crippen LogP contribution in [0.2, 0.25) is 0 Å². The summed E-state index contributed by atoms with van der Waals surface area (Å²) >= 11 is 2.80. The van der Waals surface area contributed by atoms with Gasteiger partial charge in [0.2, 0.25) is 5.91 Å². The second-order valence-corrected chi connectivity index (χ2v) is 7.57. The van der Waals surface area contributed by atoms with E-state index in [4.69, 9.17) is 5.11 Å². The number of amides is 2. The summed E-state index contributed by atoms with van der Waals surface area (Å²) in [6.45, 7) is 0.347. The maximum atomic E-state index is 12.6. The Kier molecular flexibility index (Phi) is 5.89. The molecule has 0 aliphatic carbocycles. The van der Waals surface area contributed by atoms with Crippen LogP contribution in [0.5, 0.6) is 0 Å². The maximum Gasteiger partial charge on any atom is 0.355 e. The highest BCUT2D eigenvalue weighted by molar-refractivity contribution is 7.99. The van der Waals surface area contributed by atoms with Gasteiger partial charge in [0.15, 0.2) is 5.69 Å². The Labute approximate surface area is 158 Å². The average molecular weight is 391 g/mol. The number of carbonyl (C=O) groups excluding carboxylic acids is 2. The number of rotatable bonds is 6. The molecule has 1 aromatic carbocycles. The van der Waals surface area contributed by atoms with E-state index in [1.54, 1.807) is 40.9 Å². The van der Waals surface area contributed by atoms with Gasteiger partial charge in [-0.05, 0) is 12.1 Å². The molecule has 7 nitrogen and oxygen atoms in total. The van der Waals surface area contributed by atoms with Crippen LogP contribution in [0.15, 0.2) is 35.7 Å². The van der Waals surface area contributed by atoms with Gasteiger partial charge in [0.25, 0.3) is 5.91 Å². The van der Waals surface area contributed by atoms with E-state index in [1.165, 1.54) is 16.7 Å². The van der Waals surface area contributed by atoms with E-state index in [0.29, 0.717) is 35.2 Å². The number of carbonyl (C=O) groups is 3. The first-order valence-corrected chi connectivity index (χ1v) is 9.99. The highest BCUT2D eigenvalue weighted by atomic mass is 32.2. The van der Waals surface area contributed by atoms with Crippen LogP contribution in [0.4, 0.5) is 0 Å². The van der Waals surface area contributed by atoms with Crippen molar-refractivity contribution < 1.29 is 19.5 Å². The van der Waals surface area contributed by atoms with E-state index in [-0.39, 0.29) is 17.5 Å². The van der Waals surface area contributed by atoms with E-state index in [1.807, 2.05) is 6.07 Å². The molecule has 26 heavy (non-hydrogen) atoms. The Morgan fingerprint density at radius 2 is 2.04 bits per heavy atom. The molecule has 1 aliphatic heterocycles. The summed E-state index contributed by atoms with van der Waals surface area (Å²) in [4.78, 5) is 41.5. The third-order valence-electron chi connectivity index (χ3n) is 3.88. The highest BCUT2D eigenvalue weighted by Crippen LogP contribution is 2.23. The number of aromatic carboxylic acids is 1. The van der Waals surface area contributed by atoms with Gasteiger partial charge < -0.3 is 15.3 Å². The lowest BCUT2D eigenvalue weighted by Gasteiger charge is -2.23. The molecule has 1 unspecified atom stereocenters. The monoisotopic (exact) mass is 391 g/mol. The maximum absolute atomic E-state index is 12.6. The summed E-state index contributed by atoms with van der Waals surface area (Å²) in [7, 11) is 0. The van der Waals surface area contributed by atoms with Crippen LogP contribution in [0, 0.1) is 0 Å². The van der Waals surface area contributed by atoms with Crippen LogP contribution in [0.25, 0.3) is 0 Å². The van der Waals surface area contributed by atoms with Crippen LogP contribution in [0.3, 0.4) is 0 Å². The summed E-state index contributed by atoms with van der Waals surface area (Å²) < 4.78 is 0. The summed E-state index contributed by atoms with van der Waals surface area (Å²) in [5, 5.41) is 13.8. The first-order valence-electron chi connectivity index (χ1n) is 7.95. The number of nitrogens with zero attached hydrogens (tertiary/aromatic N) is 2. The molecule has 1 saturated heterocycles. The number of nitrogens with one attached hydrogen (secondary N) is 1. The van der Waals surface area contributed by atoms with Crippen molar-refractivity contribution in [3.05, 3.63) is 52.0 Å². The van der Waals surface area contributed by atoms with E-state index in [0.717, 1.165) is 0 Å². The average Bonchev–Trinajstić information content (AvgIpc) is 3.31. The van der Waals surface area contributed by atoms with Crippen LogP contribution in [0.1, 0.15) is 25.9 Å². The molecule has 2 aromatic rings. The van der Waals surface area contributed by atoms with Crippen molar-refractivity contribution in [2.45, 2.75) is 12.5 Å². The zero-order chi connectivity index (χ0) is 18.5. The molecule has 3 rings (SSSR count). The fraction of sp³-hybridized carbons (Fsp3) is 0.294. The number of thiazole rings is 1. The molecule has 0 radical (unpaired) electrons. The van der Waals surface area contributed by atoms with Gasteiger partial charge in [-0.15, -0.1) is 23.1 Å². The minimum atomic E-state index is -1.06. The van der Waals surface area contributed by atoms with Crippen molar-refractivity contribution >= 4 is 40.9 Å². The fourth-order valence-electron chi connectivity index (χ4n) is 2.54. The number of carboxylic acid groups (broad SMARTS) is 1. The topological polar surface area (TPSA) is 99.6 Å². The van der Waals surface area contributed by atoms with Crippen molar-refractivity contribution in [1.29, 1.82) is 0 Å². The van der Waals surface area contributed by atoms with Crippen LogP contribution < -0.4 is 5.32 Å². The van der Waals surface area contributed by atoms with Crippen LogP contribution in [-0.2, 0) is 11.2 Å². The van der Waals surface area contributed by atoms with E-state index < -0.39 is 12.0 Å². The molecule has 1 atom stereocenters. The van der Waals surface area contributed by atoms with Crippen LogP contribution >= 0.6 is 23.1 Å². The molecule has 1 fully saturated rings. The second kappa shape index (κ2) is 8.33. The number of carboxylic acids is 1. The van der Waals surface area contributed by atoms with E-state index in [2.05, 4.69) is 10.3 Å². The molecule has 1 aromatic heterocycles. The van der Waals surface area contributed by atoms with Gasteiger partial charge in [0.1, 0.15) is 6.04 Å². The van der Waals surface area contributed by atoms with Crippen molar-refractivity contribution in [3.63, 3.8) is 0 Å². The molecule has 2 N–H and O–H groups in total. The molecular formula is C17H17N3O4S2. The van der Waals surface area contributed by atoms with Gasteiger partial charge in [-0.25, -0.2) is 9.78 Å². The summed E-state index contributed by atoms with van der Waals surface area (Å²) in [5.41, 5.74) is 0.583. The van der Waals surface area contributed by atoms with Crippen molar-refractivity contribution in [2.75, 3.05) is 18.2 Å². The predicted octanol–water partition coefficient (Wildman–Crippen LogP) is 1.72. The van der Waals surface area contributed by atoms with E-state index >= 15 is 0 Å². The molecular weight excluding hydrogens is 374 g/mol. The summed E-state index contributed by atoms with van der Waals surface area (Å²) in [5.74, 6) is -0.365. The van der Waals surface area contributed by atoms with Crippen molar-refractivity contribution in [3.8, 4) is 0 Å². The van der Waals surface area contributed by atoms with Crippen LogP contribution in [-0.4, -0.2) is 57.0 Å². The zero-order valence-corrected chi connectivity index (χ0v) is 15.4. The van der Waals surface area contributed by atoms with Gasteiger partial charge in [0.05, 0.1) is 10.9 Å². The summed E-state index contributed by atoms with van der Waals surface area (Å²) in [6.07, 6.45) is 0.455. The molecule has 9 heteroatoms. The lowest BCUT2D eigenvalue weighted by molar-refractivity contribution is -0.124. The first-order chi connectivity index (χ1) is 12.6. The Balaban J connectivity index is 1.54. The van der Waals surface area contributed by atoms with Crippen molar-refractivity contribution in [1.82, 2.24) is 15.2 Å². The molecule has 136 valence electrons. The van der Waals surface area contributed by atoms with Gasteiger partial charge >= 0.3 is 5.97 Å². The molecule has 0 bridgehead atoms. The second-order valence-electron chi connectivity index (χ2n) is 5.63. The quantitative estimate of drug-likeness (QED) is 0.778. The number of hydrogen-bond acceptors (Lipinski definition) is 6. The zero-order valence-electron chi connectivity index (χ0n) is 13.8. The van der Waals surface area contributed by atoms with Gasteiger partial charge in [-0.2, -0.15) is 0 Å². The Hall–Kier alpha value is -2.39. The van der Waals surface area contributed by atoms with Crippen molar-refractivity contribution in [2.24, 2.45) is 0 Å². The van der Waals surface area contributed by atoms with Gasteiger partial charge in [-0.3, -0.25) is 9.59 Å². The third kappa shape index (κ3) is 4.23. The lowest BCUT2D eigenvalue weighted by atomic mass is 10.1. The molecule has 2 heterocycles. The lowest BCUT2D eigenvalue weighted by Crippen LogP contribution is -2.47. The fourth-order valence-corrected chi connectivity index (χ4v) is 4.47. The largest absolute Gasteiger partial charge is 0.476 e. The normalized spacial score (nSPS) is 16.5. The standard InChI is InChI=1S/C17H17N3O4S2/c21-15(18-7-6-14-19-12(8-26-14)17(23)24)13-9-25-10-20(13)16(22)11-4-2-1-3-5-11/h1-5,8,13H,6-7,9-10H2,(H,18,21)(H,23,24). The molecule has 0 spiro atoms. The Morgan fingerprint density at radius 3 is 2.73 bits per heavy atom. The number of benzene rings is 1. The minimum absolute atomic E-state index is 0.0168. The Morgan fingerprint density at radius 1 is 1.27 bits per heavy atom. The predicted molar refractivity (Wildman–Crippen MR) is 99.5 cm³/mol. The molecule has 2 amide bonds. The van der Waals surface area contributed by atoms with Gasteiger partial charge in [-0.1, -0.05) is 18.2 Å². The van der Waals surface area contributed by atoms with Gasteiger partial charge in [0, 0.05) is 29.7 Å². The summed E-state index contributed by atoms with van der Waals surface area (Å²) in [6, 6.07) is 8.41. The highest BCUT2D eigenvalue weighted by Gasteiger charge is 2.34. The smallest absolute Gasteiger partial charge is 0.355 e. The third-order valence-corrected chi connectivity index (χ3v) is 5.80. The number of thioether (sulfide) groups is 1. The number of hydrogen-bond donors (Lipinski definition) is 2. The van der Waals surface area contributed by atoms with E-state index in [9.17, 15) is 14.4 Å². The Bertz CT molecular complexity index is 809.